The van der Waals surface area contributed by atoms with Crippen molar-refractivity contribution in [3.8, 4) is 0 Å². The number of esters is 1. The van der Waals surface area contributed by atoms with Gasteiger partial charge in [0.25, 0.3) is 5.91 Å². The minimum atomic E-state index is -0.897. The molecule has 0 aliphatic heterocycles. The summed E-state index contributed by atoms with van der Waals surface area (Å²) in [7, 11) is 0. The molecule has 1 atom stereocenters. The van der Waals surface area contributed by atoms with Crippen molar-refractivity contribution in [2.75, 3.05) is 0 Å². The molecule has 136 valence electrons. The summed E-state index contributed by atoms with van der Waals surface area (Å²) in [6, 6.07) is 11.4. The van der Waals surface area contributed by atoms with E-state index in [2.05, 4.69) is 5.32 Å². The number of benzene rings is 1. The Hall–Kier alpha value is -2.14. The van der Waals surface area contributed by atoms with E-state index in [-0.39, 0.29) is 11.9 Å². The van der Waals surface area contributed by atoms with Crippen LogP contribution in [0.1, 0.15) is 63.9 Å². The quantitative estimate of drug-likeness (QED) is 0.635. The van der Waals surface area contributed by atoms with E-state index in [1.807, 2.05) is 36.4 Å². The van der Waals surface area contributed by atoms with Gasteiger partial charge in [-0.05, 0) is 50.2 Å². The summed E-state index contributed by atoms with van der Waals surface area (Å²) in [5.74, 6) is -0.631. The summed E-state index contributed by atoms with van der Waals surface area (Å²) in [5, 5.41) is 2.95. The summed E-state index contributed by atoms with van der Waals surface area (Å²) >= 11 is 1.53. The highest BCUT2D eigenvalue weighted by molar-refractivity contribution is 7.14. The Morgan fingerprint density at radius 3 is 2.62 bits per heavy atom. The van der Waals surface area contributed by atoms with Crippen molar-refractivity contribution in [1.29, 1.82) is 0 Å². The molecule has 1 aromatic carbocycles. The van der Waals surface area contributed by atoms with E-state index in [0.717, 1.165) is 25.7 Å². The molecule has 2 aliphatic carbocycles. The van der Waals surface area contributed by atoms with Crippen molar-refractivity contribution in [3.63, 3.8) is 0 Å². The number of fused-ring (bicyclic) bond motifs is 1. The van der Waals surface area contributed by atoms with E-state index in [4.69, 9.17) is 4.74 Å². The fourth-order valence-corrected chi connectivity index (χ4v) is 4.48. The summed E-state index contributed by atoms with van der Waals surface area (Å²) < 4.78 is 5.68. The second-order valence-corrected chi connectivity index (χ2v) is 8.24. The molecule has 5 heteroatoms. The summed E-state index contributed by atoms with van der Waals surface area (Å²) in [4.78, 5) is 27.3. The van der Waals surface area contributed by atoms with Crippen LogP contribution in [0.15, 0.2) is 36.4 Å². The van der Waals surface area contributed by atoms with Gasteiger partial charge in [0.1, 0.15) is 4.88 Å². The maximum Gasteiger partial charge on any atom is 0.349 e. The molecule has 1 aromatic heterocycles. The van der Waals surface area contributed by atoms with Gasteiger partial charge in [-0.2, -0.15) is 0 Å². The second kappa shape index (κ2) is 7.62. The van der Waals surface area contributed by atoms with Crippen LogP contribution in [0.3, 0.4) is 0 Å². The van der Waals surface area contributed by atoms with Crippen LogP contribution in [0, 0.1) is 0 Å². The normalized spacial score (nSPS) is 17.7. The third kappa shape index (κ3) is 3.98. The van der Waals surface area contributed by atoms with Crippen molar-refractivity contribution in [2.24, 2.45) is 0 Å². The van der Waals surface area contributed by atoms with Crippen LogP contribution in [0.5, 0.6) is 0 Å². The topological polar surface area (TPSA) is 55.4 Å². The van der Waals surface area contributed by atoms with Crippen LogP contribution in [-0.2, 0) is 22.4 Å². The van der Waals surface area contributed by atoms with Crippen molar-refractivity contribution >= 4 is 23.2 Å². The van der Waals surface area contributed by atoms with Crippen molar-refractivity contribution in [2.45, 2.75) is 57.1 Å². The number of hydrogen-bond donors (Lipinski definition) is 1. The van der Waals surface area contributed by atoms with Gasteiger partial charge >= 0.3 is 5.97 Å². The molecule has 4 rings (SSSR count). The number of aryl methyl sites for hydroxylation is 2. The average Bonchev–Trinajstić information content (AvgIpc) is 3.42. The first kappa shape index (κ1) is 17.3. The lowest BCUT2D eigenvalue weighted by molar-refractivity contribution is -0.130. The predicted octanol–water partition coefficient (Wildman–Crippen LogP) is 4.19. The van der Waals surface area contributed by atoms with E-state index >= 15 is 0 Å². The van der Waals surface area contributed by atoms with Gasteiger partial charge in [0.05, 0.1) is 0 Å². The Morgan fingerprint density at radius 1 is 1.08 bits per heavy atom. The predicted molar refractivity (Wildman–Crippen MR) is 101 cm³/mol. The first-order valence-corrected chi connectivity index (χ1v) is 10.2. The van der Waals surface area contributed by atoms with Gasteiger partial charge in [0.15, 0.2) is 0 Å². The number of amides is 1. The molecule has 1 heterocycles. The van der Waals surface area contributed by atoms with Gasteiger partial charge in [0, 0.05) is 16.5 Å². The Kier molecular flexibility index (Phi) is 5.07. The zero-order valence-corrected chi connectivity index (χ0v) is 15.5. The molecule has 2 aromatic rings. The largest absolute Gasteiger partial charge is 0.443 e. The van der Waals surface area contributed by atoms with Crippen LogP contribution in [0.25, 0.3) is 0 Å². The van der Waals surface area contributed by atoms with E-state index in [1.54, 1.807) is 0 Å². The SMILES string of the molecule is O=C(O[C@H](C(=O)NC1CC1)c1ccccc1)c1cc2c(s1)CCCCC2. The van der Waals surface area contributed by atoms with Crippen molar-refractivity contribution in [3.05, 3.63) is 57.3 Å². The Balaban J connectivity index is 1.53. The molecule has 4 nitrogen and oxygen atoms in total. The molecule has 1 N–H and O–H groups in total. The molecule has 0 radical (unpaired) electrons. The summed E-state index contributed by atoms with van der Waals surface area (Å²) in [5.41, 5.74) is 1.98. The first-order chi connectivity index (χ1) is 12.7. The highest BCUT2D eigenvalue weighted by Crippen LogP contribution is 2.31. The fraction of sp³-hybridized carbons (Fsp3) is 0.429. The van der Waals surface area contributed by atoms with E-state index in [1.165, 1.54) is 41.0 Å². The minimum Gasteiger partial charge on any atom is -0.443 e. The molecular formula is C21H23NO3S. The molecule has 1 amide bonds. The fourth-order valence-electron chi connectivity index (χ4n) is 3.34. The Labute approximate surface area is 157 Å². The lowest BCUT2D eigenvalue weighted by atomic mass is 10.1. The van der Waals surface area contributed by atoms with Crippen LogP contribution >= 0.6 is 11.3 Å². The van der Waals surface area contributed by atoms with Crippen LogP contribution in [-0.4, -0.2) is 17.9 Å². The van der Waals surface area contributed by atoms with Gasteiger partial charge in [-0.25, -0.2) is 4.79 Å². The van der Waals surface area contributed by atoms with Crippen molar-refractivity contribution < 1.29 is 14.3 Å². The molecule has 26 heavy (non-hydrogen) atoms. The highest BCUT2D eigenvalue weighted by atomic mass is 32.1. The standard InChI is InChI=1S/C21H23NO3S/c23-20(22-16-11-12-16)19(14-7-3-1-4-8-14)25-21(24)18-13-15-9-5-2-6-10-17(15)26-18/h1,3-4,7-8,13,16,19H,2,5-6,9-12H2,(H,22,23)/t19-/m0/s1. The number of ether oxygens (including phenoxy) is 1. The molecule has 1 saturated carbocycles. The molecule has 0 bridgehead atoms. The maximum atomic E-state index is 12.7. The molecule has 2 aliphatic rings. The number of hydrogen-bond acceptors (Lipinski definition) is 4. The van der Waals surface area contributed by atoms with Gasteiger partial charge in [0.2, 0.25) is 6.10 Å². The molecule has 0 unspecified atom stereocenters. The Bertz CT molecular complexity index is 771. The van der Waals surface area contributed by atoms with E-state index in [0.29, 0.717) is 10.4 Å². The number of rotatable bonds is 5. The molecule has 0 saturated heterocycles. The zero-order chi connectivity index (χ0) is 17.9. The average molecular weight is 369 g/mol. The summed E-state index contributed by atoms with van der Waals surface area (Å²) in [6.07, 6.45) is 6.77. The minimum absolute atomic E-state index is 0.227. The highest BCUT2D eigenvalue weighted by Gasteiger charge is 2.31. The lowest BCUT2D eigenvalue weighted by Crippen LogP contribution is -2.33. The van der Waals surface area contributed by atoms with Gasteiger partial charge < -0.3 is 10.1 Å². The van der Waals surface area contributed by atoms with Gasteiger partial charge in [-0.1, -0.05) is 36.8 Å². The first-order valence-electron chi connectivity index (χ1n) is 9.38. The smallest absolute Gasteiger partial charge is 0.349 e. The number of carbonyl (C=O) groups excluding carboxylic acids is 2. The second-order valence-electron chi connectivity index (χ2n) is 7.10. The van der Waals surface area contributed by atoms with E-state index < -0.39 is 12.1 Å². The van der Waals surface area contributed by atoms with Crippen LogP contribution in [0.2, 0.25) is 0 Å². The van der Waals surface area contributed by atoms with Crippen LogP contribution in [0.4, 0.5) is 0 Å². The third-order valence-electron chi connectivity index (χ3n) is 4.94. The molecular weight excluding hydrogens is 346 g/mol. The van der Waals surface area contributed by atoms with E-state index in [9.17, 15) is 9.59 Å². The monoisotopic (exact) mass is 369 g/mol. The van der Waals surface area contributed by atoms with Crippen molar-refractivity contribution in [1.82, 2.24) is 5.32 Å². The molecule has 1 fully saturated rings. The van der Waals surface area contributed by atoms with Gasteiger partial charge in [-0.15, -0.1) is 11.3 Å². The number of nitrogens with one attached hydrogen (secondary N) is 1. The maximum absolute atomic E-state index is 12.7. The summed E-state index contributed by atoms with van der Waals surface area (Å²) in [6.45, 7) is 0. The molecule has 0 spiro atoms. The lowest BCUT2D eigenvalue weighted by Gasteiger charge is -2.17. The Morgan fingerprint density at radius 2 is 1.85 bits per heavy atom. The van der Waals surface area contributed by atoms with Gasteiger partial charge in [-0.3, -0.25) is 4.79 Å². The third-order valence-corrected chi connectivity index (χ3v) is 6.15. The zero-order valence-electron chi connectivity index (χ0n) is 14.7. The number of carbonyl (C=O) groups is 2. The number of thiophene rings is 1. The van der Waals surface area contributed by atoms with Crippen LogP contribution < -0.4 is 5.32 Å².